The van der Waals surface area contributed by atoms with E-state index in [1.165, 1.54) is 89.9 Å². The molecule has 0 spiro atoms. The standard InChI is InChI=1S/C34H48N2O2/c1-3-5-7-9-11-13-15-17-19-27-37-31-25-23-29-21-22-30-24-26-32(36-34(30)33(29)35-31)38-28-20-18-16-14-12-10-8-6-4-2/h19-28H,3-18H2,1-2H3. The van der Waals surface area contributed by atoms with Crippen molar-refractivity contribution in [2.24, 2.45) is 0 Å². The summed E-state index contributed by atoms with van der Waals surface area (Å²) in [4.78, 5) is 9.53. The Kier molecular flexibility index (Phi) is 14.4. The molecule has 4 heteroatoms. The van der Waals surface area contributed by atoms with Crippen LogP contribution < -0.4 is 9.47 Å². The van der Waals surface area contributed by atoms with Gasteiger partial charge in [-0.2, -0.15) is 0 Å². The SMILES string of the molecule is CCCCCCCCCC=COc1ccc2ccc3ccc(OC=CCCCCCCCCC)nc3c2n1. The zero-order valence-electron chi connectivity index (χ0n) is 23.8. The number of fused-ring (bicyclic) bond motifs is 3. The van der Waals surface area contributed by atoms with Crippen molar-refractivity contribution in [3.05, 3.63) is 61.1 Å². The topological polar surface area (TPSA) is 44.2 Å². The van der Waals surface area contributed by atoms with Crippen molar-refractivity contribution >= 4 is 21.8 Å². The molecule has 0 fully saturated rings. The first-order valence-electron chi connectivity index (χ1n) is 15.2. The molecule has 0 N–H and O–H groups in total. The Balaban J connectivity index is 1.49. The van der Waals surface area contributed by atoms with E-state index in [0.717, 1.165) is 34.6 Å². The van der Waals surface area contributed by atoms with E-state index in [1.807, 2.05) is 24.3 Å². The summed E-state index contributed by atoms with van der Waals surface area (Å²) in [6, 6.07) is 12.1. The molecular formula is C34H48N2O2. The van der Waals surface area contributed by atoms with Crippen LogP contribution >= 0.6 is 0 Å². The van der Waals surface area contributed by atoms with Gasteiger partial charge in [-0.05, 0) is 50.0 Å². The van der Waals surface area contributed by atoms with E-state index in [-0.39, 0.29) is 0 Å². The van der Waals surface area contributed by atoms with Gasteiger partial charge in [0, 0.05) is 22.9 Å². The van der Waals surface area contributed by atoms with Crippen LogP contribution in [0.5, 0.6) is 11.8 Å². The largest absolute Gasteiger partial charge is 0.447 e. The van der Waals surface area contributed by atoms with Gasteiger partial charge in [0.05, 0.1) is 12.5 Å². The molecule has 206 valence electrons. The molecule has 4 nitrogen and oxygen atoms in total. The second kappa shape index (κ2) is 18.4. The predicted octanol–water partition coefficient (Wildman–Crippen LogP) is 10.8. The number of ether oxygens (including phenoxy) is 2. The second-order valence-electron chi connectivity index (χ2n) is 10.3. The summed E-state index contributed by atoms with van der Waals surface area (Å²) in [5, 5.41) is 2.08. The van der Waals surface area contributed by atoms with Gasteiger partial charge in [-0.3, -0.25) is 0 Å². The van der Waals surface area contributed by atoms with Crippen molar-refractivity contribution in [3.8, 4) is 11.8 Å². The van der Waals surface area contributed by atoms with E-state index < -0.39 is 0 Å². The van der Waals surface area contributed by atoms with Crippen LogP contribution in [0.1, 0.15) is 117 Å². The lowest BCUT2D eigenvalue weighted by Crippen LogP contribution is -1.92. The Bertz CT molecular complexity index is 1030. The smallest absolute Gasteiger partial charge is 0.218 e. The van der Waals surface area contributed by atoms with Crippen LogP contribution in [0, 0.1) is 0 Å². The zero-order chi connectivity index (χ0) is 26.7. The molecule has 0 aliphatic heterocycles. The highest BCUT2D eigenvalue weighted by Gasteiger charge is 2.07. The number of rotatable bonds is 20. The number of allylic oxidation sites excluding steroid dienone is 2. The molecule has 0 aliphatic carbocycles. The van der Waals surface area contributed by atoms with Crippen molar-refractivity contribution in [3.63, 3.8) is 0 Å². The van der Waals surface area contributed by atoms with E-state index in [9.17, 15) is 0 Å². The second-order valence-corrected chi connectivity index (χ2v) is 10.3. The fourth-order valence-corrected chi connectivity index (χ4v) is 4.67. The van der Waals surface area contributed by atoms with Crippen LogP contribution in [0.25, 0.3) is 21.8 Å². The minimum atomic E-state index is 0.587. The maximum Gasteiger partial charge on any atom is 0.218 e. The highest BCUT2D eigenvalue weighted by atomic mass is 16.5. The van der Waals surface area contributed by atoms with E-state index >= 15 is 0 Å². The van der Waals surface area contributed by atoms with Crippen molar-refractivity contribution in [1.29, 1.82) is 0 Å². The fraction of sp³-hybridized carbons (Fsp3) is 0.529. The molecule has 0 bridgehead atoms. The van der Waals surface area contributed by atoms with Gasteiger partial charge in [-0.25, -0.2) is 9.97 Å². The number of aromatic nitrogens is 2. The Labute approximate surface area is 230 Å². The third kappa shape index (κ3) is 10.8. The van der Waals surface area contributed by atoms with E-state index in [2.05, 4.69) is 38.1 Å². The van der Waals surface area contributed by atoms with Crippen molar-refractivity contribution in [1.82, 2.24) is 9.97 Å². The number of unbranched alkanes of at least 4 members (excludes halogenated alkanes) is 14. The molecule has 0 saturated heterocycles. The molecule has 0 unspecified atom stereocenters. The molecule has 2 aromatic heterocycles. The average molecular weight is 517 g/mol. The van der Waals surface area contributed by atoms with Crippen LogP contribution in [0.2, 0.25) is 0 Å². The monoisotopic (exact) mass is 516 g/mol. The van der Waals surface area contributed by atoms with Crippen molar-refractivity contribution in [2.45, 2.75) is 117 Å². The first-order valence-corrected chi connectivity index (χ1v) is 15.2. The normalized spacial score (nSPS) is 11.8. The molecule has 3 rings (SSSR count). The minimum Gasteiger partial charge on any atom is -0.447 e. The van der Waals surface area contributed by atoms with E-state index in [1.54, 1.807) is 12.5 Å². The number of benzene rings is 1. The van der Waals surface area contributed by atoms with Crippen molar-refractivity contribution < 1.29 is 9.47 Å². The molecular weight excluding hydrogens is 468 g/mol. The minimum absolute atomic E-state index is 0.587. The van der Waals surface area contributed by atoms with Gasteiger partial charge >= 0.3 is 0 Å². The van der Waals surface area contributed by atoms with E-state index in [4.69, 9.17) is 19.4 Å². The summed E-state index contributed by atoms with van der Waals surface area (Å²) in [5.41, 5.74) is 1.66. The summed E-state index contributed by atoms with van der Waals surface area (Å²) in [6.45, 7) is 4.52. The Morgan fingerprint density at radius 2 is 0.868 bits per heavy atom. The van der Waals surface area contributed by atoms with Gasteiger partial charge in [-0.15, -0.1) is 0 Å². The Morgan fingerprint density at radius 3 is 1.29 bits per heavy atom. The summed E-state index contributed by atoms with van der Waals surface area (Å²) in [7, 11) is 0. The summed E-state index contributed by atoms with van der Waals surface area (Å²) in [6.07, 6.45) is 28.3. The molecule has 1 aromatic carbocycles. The molecule has 3 aromatic rings. The highest BCUT2D eigenvalue weighted by molar-refractivity contribution is 6.03. The fourth-order valence-electron chi connectivity index (χ4n) is 4.67. The average Bonchev–Trinajstić information content (AvgIpc) is 2.95. The molecule has 0 aliphatic rings. The first kappa shape index (κ1) is 29.7. The highest BCUT2D eigenvalue weighted by Crippen LogP contribution is 2.26. The molecule has 0 amide bonds. The lowest BCUT2D eigenvalue weighted by atomic mass is 10.1. The third-order valence-electron chi connectivity index (χ3n) is 6.99. The van der Waals surface area contributed by atoms with Gasteiger partial charge in [0.15, 0.2) is 0 Å². The lowest BCUT2D eigenvalue weighted by Gasteiger charge is -2.07. The van der Waals surface area contributed by atoms with Gasteiger partial charge in [-0.1, -0.05) is 103 Å². The molecule has 2 heterocycles. The van der Waals surface area contributed by atoms with E-state index in [0.29, 0.717) is 11.8 Å². The van der Waals surface area contributed by atoms with Crippen LogP contribution in [0.3, 0.4) is 0 Å². The number of hydrogen-bond donors (Lipinski definition) is 0. The first-order chi connectivity index (χ1) is 18.8. The van der Waals surface area contributed by atoms with Gasteiger partial charge < -0.3 is 9.47 Å². The molecule has 0 atom stereocenters. The number of nitrogens with zero attached hydrogens (tertiary/aromatic N) is 2. The quantitative estimate of drug-likeness (QED) is 0.0851. The maximum absolute atomic E-state index is 5.83. The molecule has 0 radical (unpaired) electrons. The molecule has 38 heavy (non-hydrogen) atoms. The number of pyridine rings is 2. The predicted molar refractivity (Wildman–Crippen MR) is 162 cm³/mol. The van der Waals surface area contributed by atoms with Gasteiger partial charge in [0.25, 0.3) is 0 Å². The van der Waals surface area contributed by atoms with Crippen LogP contribution in [0.15, 0.2) is 61.1 Å². The summed E-state index contributed by atoms with van der Waals surface area (Å²) >= 11 is 0. The zero-order valence-corrected chi connectivity index (χ0v) is 23.8. The Hall–Kier alpha value is -2.88. The number of hydrogen-bond acceptors (Lipinski definition) is 4. The third-order valence-corrected chi connectivity index (χ3v) is 6.99. The van der Waals surface area contributed by atoms with Gasteiger partial charge in [0.2, 0.25) is 11.8 Å². The van der Waals surface area contributed by atoms with Crippen molar-refractivity contribution in [2.75, 3.05) is 0 Å². The van der Waals surface area contributed by atoms with Crippen LogP contribution in [-0.4, -0.2) is 9.97 Å². The summed E-state index contributed by atoms with van der Waals surface area (Å²) in [5.74, 6) is 1.17. The maximum atomic E-state index is 5.83. The van der Waals surface area contributed by atoms with Crippen LogP contribution in [0.4, 0.5) is 0 Å². The Morgan fingerprint density at radius 1 is 0.500 bits per heavy atom. The molecule has 0 saturated carbocycles. The van der Waals surface area contributed by atoms with Crippen LogP contribution in [-0.2, 0) is 0 Å². The lowest BCUT2D eigenvalue weighted by molar-refractivity contribution is 0.458. The summed E-state index contributed by atoms with van der Waals surface area (Å²) < 4.78 is 11.7. The van der Waals surface area contributed by atoms with Gasteiger partial charge in [0.1, 0.15) is 11.0 Å².